The highest BCUT2D eigenvalue weighted by molar-refractivity contribution is 7.89. The maximum absolute atomic E-state index is 14.3. The standard InChI is InChI=1S/C22H27FN4O3S.2ClH/c1-14-11-20-21(25-22(14)28)19(15(2)27(20)13-17(23)9-10-24)12-16-5-7-18(8-6-16)31(29,30)26(3)4;;/h5-9,11H,10,12-13,24H2,1-4H3,(H,25,28);2*1H/b17-9-;;. The van der Waals surface area contributed by atoms with Crippen LogP contribution in [0.2, 0.25) is 0 Å². The number of sulfonamides is 1. The average Bonchev–Trinajstić information content (AvgIpc) is 2.94. The number of benzene rings is 1. The van der Waals surface area contributed by atoms with Gasteiger partial charge < -0.3 is 15.4 Å². The van der Waals surface area contributed by atoms with Gasteiger partial charge in [-0.1, -0.05) is 12.1 Å². The number of rotatable bonds is 7. The second kappa shape index (κ2) is 11.3. The Labute approximate surface area is 206 Å². The second-order valence-electron chi connectivity index (χ2n) is 7.64. The van der Waals surface area contributed by atoms with Gasteiger partial charge in [0.05, 0.1) is 22.5 Å². The van der Waals surface area contributed by atoms with Crippen molar-refractivity contribution in [3.63, 3.8) is 0 Å². The SMILES string of the molecule is Cc1cc2c(nc1O)c(Cc1ccc(S(=O)(=O)N(C)C)cc1)c(C)n2C/C(F)=C/CN.Cl.Cl. The lowest BCUT2D eigenvalue weighted by Gasteiger charge is -2.12. The van der Waals surface area contributed by atoms with Crippen LogP contribution >= 0.6 is 24.8 Å². The summed E-state index contributed by atoms with van der Waals surface area (Å²) in [6.45, 7) is 3.75. The van der Waals surface area contributed by atoms with Gasteiger partial charge in [-0.3, -0.25) is 0 Å². The van der Waals surface area contributed by atoms with Crippen LogP contribution in [0.5, 0.6) is 5.88 Å². The monoisotopic (exact) mass is 518 g/mol. The fourth-order valence-corrected chi connectivity index (χ4v) is 4.39. The van der Waals surface area contributed by atoms with E-state index in [1.807, 2.05) is 11.5 Å². The number of aryl methyl sites for hydroxylation is 1. The molecule has 0 saturated heterocycles. The van der Waals surface area contributed by atoms with E-state index >= 15 is 0 Å². The molecule has 0 amide bonds. The molecule has 33 heavy (non-hydrogen) atoms. The number of halogens is 3. The van der Waals surface area contributed by atoms with Gasteiger partial charge in [-0.25, -0.2) is 22.1 Å². The van der Waals surface area contributed by atoms with Gasteiger partial charge in [0.1, 0.15) is 5.83 Å². The maximum Gasteiger partial charge on any atom is 0.242 e. The first-order chi connectivity index (χ1) is 14.6. The molecule has 0 atom stereocenters. The largest absolute Gasteiger partial charge is 0.493 e. The minimum Gasteiger partial charge on any atom is -0.493 e. The van der Waals surface area contributed by atoms with Crippen LogP contribution in [0.15, 0.2) is 47.1 Å². The predicted octanol–water partition coefficient (Wildman–Crippen LogP) is 3.86. The van der Waals surface area contributed by atoms with Gasteiger partial charge in [-0.15, -0.1) is 24.8 Å². The molecule has 0 unspecified atom stereocenters. The van der Waals surface area contributed by atoms with Gasteiger partial charge in [0.25, 0.3) is 0 Å². The van der Waals surface area contributed by atoms with E-state index in [-0.39, 0.29) is 54.5 Å². The first-order valence-corrected chi connectivity index (χ1v) is 11.2. The summed E-state index contributed by atoms with van der Waals surface area (Å²) in [7, 11) is -0.537. The van der Waals surface area contributed by atoms with E-state index in [1.165, 1.54) is 20.2 Å². The van der Waals surface area contributed by atoms with Crippen molar-refractivity contribution in [2.24, 2.45) is 5.73 Å². The first-order valence-electron chi connectivity index (χ1n) is 9.80. The molecule has 3 rings (SSSR count). The average molecular weight is 519 g/mol. The number of hydrogen-bond donors (Lipinski definition) is 2. The highest BCUT2D eigenvalue weighted by atomic mass is 35.5. The lowest BCUT2D eigenvalue weighted by atomic mass is 10.0. The predicted molar refractivity (Wildman–Crippen MR) is 134 cm³/mol. The van der Waals surface area contributed by atoms with Crippen LogP contribution in [0.1, 0.15) is 22.4 Å². The summed E-state index contributed by atoms with van der Waals surface area (Å²) < 4.78 is 41.8. The molecule has 11 heteroatoms. The van der Waals surface area contributed by atoms with Gasteiger partial charge >= 0.3 is 0 Å². The first kappa shape index (κ1) is 28.9. The molecule has 3 N–H and O–H groups in total. The Hall–Kier alpha value is -2.17. The number of allylic oxidation sites excluding steroid dienone is 1. The van der Waals surface area contributed by atoms with Crippen LogP contribution < -0.4 is 5.73 Å². The van der Waals surface area contributed by atoms with E-state index in [0.717, 1.165) is 26.6 Å². The van der Waals surface area contributed by atoms with Crippen LogP contribution in [0.3, 0.4) is 0 Å². The number of nitrogens with zero attached hydrogens (tertiary/aromatic N) is 3. The minimum atomic E-state index is -3.51. The van der Waals surface area contributed by atoms with Gasteiger partial charge in [-0.05, 0) is 43.7 Å². The van der Waals surface area contributed by atoms with Crippen molar-refractivity contribution in [1.82, 2.24) is 13.9 Å². The molecule has 2 aromatic heterocycles. The van der Waals surface area contributed by atoms with E-state index in [1.54, 1.807) is 37.3 Å². The molecular weight excluding hydrogens is 490 g/mol. The lowest BCUT2D eigenvalue weighted by molar-refractivity contribution is 0.451. The van der Waals surface area contributed by atoms with E-state index in [4.69, 9.17) is 5.73 Å². The zero-order valence-corrected chi connectivity index (χ0v) is 21.3. The zero-order chi connectivity index (χ0) is 22.9. The van der Waals surface area contributed by atoms with Crippen LogP contribution in [0, 0.1) is 13.8 Å². The van der Waals surface area contributed by atoms with Crippen molar-refractivity contribution in [3.05, 3.63) is 64.6 Å². The van der Waals surface area contributed by atoms with Gasteiger partial charge in [-0.2, -0.15) is 0 Å². The zero-order valence-electron chi connectivity index (χ0n) is 18.9. The third-order valence-electron chi connectivity index (χ3n) is 5.32. The highest BCUT2D eigenvalue weighted by Crippen LogP contribution is 2.31. The summed E-state index contributed by atoms with van der Waals surface area (Å²) in [6, 6.07) is 8.43. The third kappa shape index (κ3) is 5.85. The molecule has 1 aromatic carbocycles. The minimum absolute atomic E-state index is 0. The number of aromatic nitrogens is 2. The molecule has 2 heterocycles. The van der Waals surface area contributed by atoms with Crippen molar-refractivity contribution in [2.45, 2.75) is 31.7 Å². The molecule has 7 nitrogen and oxygen atoms in total. The summed E-state index contributed by atoms with van der Waals surface area (Å²) in [5.74, 6) is -0.422. The van der Waals surface area contributed by atoms with Crippen molar-refractivity contribution in [2.75, 3.05) is 20.6 Å². The van der Waals surface area contributed by atoms with Gasteiger partial charge in [0, 0.05) is 43.9 Å². The Bertz CT molecular complexity index is 1260. The normalized spacial score (nSPS) is 12.0. The number of aromatic hydroxyl groups is 1. The number of fused-ring (bicyclic) bond motifs is 1. The quantitative estimate of drug-likeness (QED) is 0.494. The van der Waals surface area contributed by atoms with Crippen molar-refractivity contribution >= 4 is 45.9 Å². The van der Waals surface area contributed by atoms with Crippen LogP contribution in [0.4, 0.5) is 4.39 Å². The number of pyridine rings is 1. The number of hydrogen-bond acceptors (Lipinski definition) is 5. The molecule has 182 valence electrons. The Balaban J connectivity index is 0.00000272. The van der Waals surface area contributed by atoms with Crippen molar-refractivity contribution in [3.8, 4) is 5.88 Å². The summed E-state index contributed by atoms with van der Waals surface area (Å²) in [4.78, 5) is 4.56. The Kier molecular flexibility index (Phi) is 9.89. The fraction of sp³-hybridized carbons (Fsp3) is 0.318. The molecular formula is C22H29Cl2FN4O3S. The molecule has 3 aromatic rings. The summed E-state index contributed by atoms with van der Waals surface area (Å²) in [5.41, 5.74) is 9.87. The summed E-state index contributed by atoms with van der Waals surface area (Å²) in [6.07, 6.45) is 1.78. The van der Waals surface area contributed by atoms with E-state index in [9.17, 15) is 17.9 Å². The number of nitrogens with two attached hydrogens (primary N) is 1. The molecule has 0 aliphatic rings. The van der Waals surface area contributed by atoms with Crippen LogP contribution in [0.25, 0.3) is 11.0 Å². The van der Waals surface area contributed by atoms with Crippen LogP contribution in [-0.2, 0) is 23.0 Å². The second-order valence-corrected chi connectivity index (χ2v) is 9.79. The molecule has 0 radical (unpaired) electrons. The smallest absolute Gasteiger partial charge is 0.242 e. The maximum atomic E-state index is 14.3. The summed E-state index contributed by atoms with van der Waals surface area (Å²) in [5, 5.41) is 10.2. The highest BCUT2D eigenvalue weighted by Gasteiger charge is 2.20. The van der Waals surface area contributed by atoms with E-state index in [2.05, 4.69) is 4.98 Å². The van der Waals surface area contributed by atoms with Crippen molar-refractivity contribution < 1.29 is 17.9 Å². The van der Waals surface area contributed by atoms with Crippen LogP contribution in [-0.4, -0.2) is 48.0 Å². The molecule has 0 spiro atoms. The fourth-order valence-electron chi connectivity index (χ4n) is 3.49. The molecule has 0 saturated carbocycles. The molecule has 0 bridgehead atoms. The Morgan fingerprint density at radius 3 is 2.36 bits per heavy atom. The summed E-state index contributed by atoms with van der Waals surface area (Å²) >= 11 is 0. The molecule has 0 aliphatic carbocycles. The van der Waals surface area contributed by atoms with E-state index < -0.39 is 10.0 Å². The topological polar surface area (TPSA) is 101 Å². The Morgan fingerprint density at radius 2 is 1.82 bits per heavy atom. The van der Waals surface area contributed by atoms with E-state index in [0.29, 0.717) is 17.5 Å². The molecule has 0 fully saturated rings. The molecule has 0 aliphatic heterocycles. The lowest BCUT2D eigenvalue weighted by Crippen LogP contribution is -2.22. The third-order valence-corrected chi connectivity index (χ3v) is 7.15. The van der Waals surface area contributed by atoms with Crippen molar-refractivity contribution in [1.29, 1.82) is 0 Å². The van der Waals surface area contributed by atoms with Gasteiger partial charge in [0.15, 0.2) is 0 Å². The van der Waals surface area contributed by atoms with Gasteiger partial charge in [0.2, 0.25) is 15.9 Å². The Morgan fingerprint density at radius 1 is 1.21 bits per heavy atom.